The summed E-state index contributed by atoms with van der Waals surface area (Å²) in [6.45, 7) is 0.584. The number of piperidine rings is 1. The minimum atomic E-state index is -3.40. The molecule has 7 heteroatoms. The van der Waals surface area contributed by atoms with Crippen LogP contribution in [0.5, 0.6) is 0 Å². The molecule has 2 aliphatic rings. The Morgan fingerprint density at radius 1 is 0.885 bits per heavy atom. The van der Waals surface area contributed by atoms with Crippen LogP contribution >= 0.6 is 0 Å². The van der Waals surface area contributed by atoms with Crippen LogP contribution in [0.25, 0.3) is 0 Å². The van der Waals surface area contributed by atoms with Crippen LogP contribution in [0.15, 0.2) is 24.3 Å². The summed E-state index contributed by atoms with van der Waals surface area (Å²) in [5.74, 6) is 0.603. The molecule has 3 rings (SSSR count). The van der Waals surface area contributed by atoms with Crippen molar-refractivity contribution < 1.29 is 16.8 Å². The maximum absolute atomic E-state index is 12.7. The van der Waals surface area contributed by atoms with Crippen molar-refractivity contribution in [2.45, 2.75) is 61.9 Å². The third-order valence-electron chi connectivity index (χ3n) is 5.81. The molecule has 2 fully saturated rings. The van der Waals surface area contributed by atoms with Gasteiger partial charge in [0, 0.05) is 19.3 Å². The predicted molar refractivity (Wildman–Crippen MR) is 104 cm³/mol. The van der Waals surface area contributed by atoms with E-state index >= 15 is 0 Å². The second-order valence-electron chi connectivity index (χ2n) is 7.76. The molecule has 0 bridgehead atoms. The van der Waals surface area contributed by atoms with Gasteiger partial charge >= 0.3 is 0 Å². The summed E-state index contributed by atoms with van der Waals surface area (Å²) in [5, 5.41) is -0.413. The van der Waals surface area contributed by atoms with Gasteiger partial charge in [-0.05, 0) is 42.7 Å². The second kappa shape index (κ2) is 7.98. The molecule has 1 saturated carbocycles. The zero-order valence-electron chi connectivity index (χ0n) is 15.4. The molecule has 0 atom stereocenters. The van der Waals surface area contributed by atoms with E-state index < -0.39 is 25.1 Å². The topological polar surface area (TPSA) is 71.5 Å². The predicted octanol–water partition coefficient (Wildman–Crippen LogP) is 3.07. The van der Waals surface area contributed by atoms with Crippen molar-refractivity contribution in [1.29, 1.82) is 0 Å². The van der Waals surface area contributed by atoms with E-state index in [9.17, 15) is 16.8 Å². The lowest BCUT2D eigenvalue weighted by Gasteiger charge is -2.30. The Bertz CT molecular complexity index is 802. The number of hydrogen-bond acceptors (Lipinski definition) is 4. The van der Waals surface area contributed by atoms with E-state index in [-0.39, 0.29) is 5.75 Å². The van der Waals surface area contributed by atoms with Gasteiger partial charge in [0.1, 0.15) is 9.84 Å². The standard InChI is InChI=1S/C19H29NO4S2/c1-25(21,22)19-11-13-20(14-12-19)26(23,24)15-16-7-9-18(10-8-16)17-5-3-2-4-6-17/h7-10,17,19H,2-6,11-15H2,1H3. The summed E-state index contributed by atoms with van der Waals surface area (Å²) in [4.78, 5) is 0. The third kappa shape index (κ3) is 4.87. The lowest BCUT2D eigenvalue weighted by atomic mass is 9.84. The monoisotopic (exact) mass is 399 g/mol. The molecular weight excluding hydrogens is 370 g/mol. The summed E-state index contributed by atoms with van der Waals surface area (Å²) in [5.41, 5.74) is 2.12. The van der Waals surface area contributed by atoms with Gasteiger partial charge in [0.2, 0.25) is 10.0 Å². The minimum absolute atomic E-state index is 0.0124. The highest BCUT2D eigenvalue weighted by atomic mass is 32.2. The Kier molecular flexibility index (Phi) is 6.09. The van der Waals surface area contributed by atoms with E-state index in [4.69, 9.17) is 0 Å². The van der Waals surface area contributed by atoms with E-state index in [1.54, 1.807) is 0 Å². The van der Waals surface area contributed by atoms with Crippen molar-refractivity contribution in [2.75, 3.05) is 19.3 Å². The van der Waals surface area contributed by atoms with Crippen LogP contribution in [0, 0.1) is 0 Å². The Morgan fingerprint density at radius 3 is 2.00 bits per heavy atom. The fraction of sp³-hybridized carbons (Fsp3) is 0.684. The van der Waals surface area contributed by atoms with Crippen molar-refractivity contribution in [2.24, 2.45) is 0 Å². The van der Waals surface area contributed by atoms with Gasteiger partial charge in [-0.15, -0.1) is 0 Å². The highest BCUT2D eigenvalue weighted by molar-refractivity contribution is 7.91. The lowest BCUT2D eigenvalue weighted by Crippen LogP contribution is -2.42. The van der Waals surface area contributed by atoms with Gasteiger partial charge in [0.25, 0.3) is 0 Å². The number of rotatable bonds is 5. The summed E-state index contributed by atoms with van der Waals surface area (Å²) in [7, 11) is -6.50. The maximum atomic E-state index is 12.7. The normalized spacial score (nSPS) is 21.7. The Morgan fingerprint density at radius 2 is 1.46 bits per heavy atom. The summed E-state index contributed by atoms with van der Waals surface area (Å²) < 4.78 is 50.1. The molecule has 0 radical (unpaired) electrons. The fourth-order valence-electron chi connectivity index (χ4n) is 4.16. The molecular formula is C19H29NO4S2. The largest absolute Gasteiger partial charge is 0.229 e. The van der Waals surface area contributed by atoms with Crippen LogP contribution in [0.2, 0.25) is 0 Å². The molecule has 1 aliphatic heterocycles. The molecule has 26 heavy (non-hydrogen) atoms. The molecule has 0 unspecified atom stereocenters. The van der Waals surface area contributed by atoms with Gasteiger partial charge in [-0.1, -0.05) is 43.5 Å². The first-order valence-corrected chi connectivity index (χ1v) is 13.1. The first-order valence-electron chi connectivity index (χ1n) is 9.51. The quantitative estimate of drug-likeness (QED) is 0.763. The van der Waals surface area contributed by atoms with Crippen molar-refractivity contribution in [1.82, 2.24) is 4.31 Å². The van der Waals surface area contributed by atoms with E-state index in [2.05, 4.69) is 12.1 Å². The second-order valence-corrected chi connectivity index (χ2v) is 12.1. The molecule has 1 aromatic rings. The van der Waals surface area contributed by atoms with Gasteiger partial charge in [-0.2, -0.15) is 0 Å². The number of hydrogen-bond donors (Lipinski definition) is 0. The van der Waals surface area contributed by atoms with Crippen molar-refractivity contribution in [3.05, 3.63) is 35.4 Å². The molecule has 0 amide bonds. The van der Waals surface area contributed by atoms with Crippen LogP contribution in [0.3, 0.4) is 0 Å². The van der Waals surface area contributed by atoms with E-state index in [0.717, 1.165) is 5.56 Å². The summed E-state index contributed by atoms with van der Waals surface area (Å²) in [6, 6.07) is 8.03. The summed E-state index contributed by atoms with van der Waals surface area (Å²) >= 11 is 0. The van der Waals surface area contributed by atoms with Crippen molar-refractivity contribution in [3.8, 4) is 0 Å². The smallest absolute Gasteiger partial charge is 0.218 e. The van der Waals surface area contributed by atoms with Crippen molar-refractivity contribution >= 4 is 19.9 Å². The average molecular weight is 400 g/mol. The number of sulfone groups is 1. The van der Waals surface area contributed by atoms with Gasteiger partial charge in [0.05, 0.1) is 11.0 Å². The van der Waals surface area contributed by atoms with Crippen LogP contribution in [0.4, 0.5) is 0 Å². The van der Waals surface area contributed by atoms with Crippen LogP contribution in [-0.2, 0) is 25.6 Å². The molecule has 1 saturated heterocycles. The Balaban J connectivity index is 1.61. The van der Waals surface area contributed by atoms with E-state index in [0.29, 0.717) is 31.8 Å². The minimum Gasteiger partial charge on any atom is -0.229 e. The van der Waals surface area contributed by atoms with E-state index in [1.165, 1.54) is 48.2 Å². The van der Waals surface area contributed by atoms with Crippen LogP contribution in [-0.4, -0.2) is 45.7 Å². The van der Waals surface area contributed by atoms with Crippen LogP contribution in [0.1, 0.15) is 62.0 Å². The molecule has 0 spiro atoms. The zero-order valence-corrected chi connectivity index (χ0v) is 17.1. The average Bonchev–Trinajstić information content (AvgIpc) is 2.62. The first-order chi connectivity index (χ1) is 12.3. The Labute approximate surface area is 157 Å². The van der Waals surface area contributed by atoms with Gasteiger partial charge in [-0.3, -0.25) is 0 Å². The highest BCUT2D eigenvalue weighted by Crippen LogP contribution is 2.32. The third-order valence-corrected chi connectivity index (χ3v) is 9.34. The van der Waals surface area contributed by atoms with Gasteiger partial charge < -0.3 is 0 Å². The molecule has 1 aliphatic carbocycles. The van der Waals surface area contributed by atoms with Crippen LogP contribution < -0.4 is 0 Å². The van der Waals surface area contributed by atoms with Gasteiger partial charge in [0.15, 0.2) is 0 Å². The molecule has 0 N–H and O–H groups in total. The first kappa shape index (κ1) is 19.8. The number of benzene rings is 1. The summed E-state index contributed by atoms with van der Waals surface area (Å²) in [6.07, 6.45) is 8.35. The van der Waals surface area contributed by atoms with E-state index in [1.807, 2.05) is 12.1 Å². The lowest BCUT2D eigenvalue weighted by molar-refractivity contribution is 0.345. The maximum Gasteiger partial charge on any atom is 0.218 e. The molecule has 1 aromatic carbocycles. The molecule has 146 valence electrons. The molecule has 5 nitrogen and oxygen atoms in total. The molecule has 1 heterocycles. The Hall–Kier alpha value is -0.920. The van der Waals surface area contributed by atoms with Crippen molar-refractivity contribution in [3.63, 3.8) is 0 Å². The molecule has 0 aromatic heterocycles. The SMILES string of the molecule is CS(=O)(=O)C1CCN(S(=O)(=O)Cc2ccc(C3CCCCC3)cc2)CC1. The zero-order chi connectivity index (χ0) is 18.8. The van der Waals surface area contributed by atoms with Gasteiger partial charge in [-0.25, -0.2) is 21.1 Å². The fourth-order valence-corrected chi connectivity index (χ4v) is 6.79. The highest BCUT2D eigenvalue weighted by Gasteiger charge is 2.32. The number of sulfonamides is 1. The number of nitrogens with zero attached hydrogens (tertiary/aromatic N) is 1.